The number of likely N-dealkylation sites (tertiary alicyclic amines) is 1. The van der Waals surface area contributed by atoms with Crippen LogP contribution in [0.15, 0.2) is 0 Å². The molecule has 1 heterocycles. The highest BCUT2D eigenvalue weighted by Crippen LogP contribution is 2.08. The summed E-state index contributed by atoms with van der Waals surface area (Å²) in [6, 6.07) is -0.429. The number of carbonyl (C=O) groups excluding carboxylic acids is 2. The first-order chi connectivity index (χ1) is 9.88. The van der Waals surface area contributed by atoms with E-state index in [1.165, 1.54) is 17.7 Å². The fourth-order valence-corrected chi connectivity index (χ4v) is 2.35. The van der Waals surface area contributed by atoms with Crippen molar-refractivity contribution in [2.75, 3.05) is 33.2 Å². The monoisotopic (exact) mass is 299 g/mol. The van der Waals surface area contributed by atoms with Crippen LogP contribution in [0, 0.1) is 5.92 Å². The summed E-state index contributed by atoms with van der Waals surface area (Å²) in [4.78, 5) is 37.8. The number of amides is 3. The van der Waals surface area contributed by atoms with Gasteiger partial charge >= 0.3 is 12.0 Å². The smallest absolute Gasteiger partial charge is 0.323 e. The second-order valence-corrected chi connectivity index (χ2v) is 5.73. The van der Waals surface area contributed by atoms with Crippen molar-refractivity contribution in [1.82, 2.24) is 15.1 Å². The summed E-state index contributed by atoms with van der Waals surface area (Å²) in [7, 11) is 1.65. The van der Waals surface area contributed by atoms with Crippen LogP contribution in [0.2, 0.25) is 0 Å². The number of carboxylic acids is 1. The summed E-state index contributed by atoms with van der Waals surface area (Å²) in [5.41, 5.74) is 0. The Balaban J connectivity index is 2.23. The molecule has 0 saturated carbocycles. The van der Waals surface area contributed by atoms with E-state index in [1.54, 1.807) is 14.0 Å². The van der Waals surface area contributed by atoms with Gasteiger partial charge in [-0.2, -0.15) is 0 Å². The number of aliphatic carboxylic acids is 1. The van der Waals surface area contributed by atoms with E-state index in [4.69, 9.17) is 5.11 Å². The number of urea groups is 1. The molecule has 0 aliphatic carbocycles. The first-order valence-corrected chi connectivity index (χ1v) is 7.37. The van der Waals surface area contributed by atoms with Gasteiger partial charge in [-0.15, -0.1) is 0 Å². The minimum absolute atomic E-state index is 0.0397. The lowest BCUT2D eigenvalue weighted by molar-refractivity contribution is -0.138. The lowest BCUT2D eigenvalue weighted by atomic mass is 10.0. The zero-order valence-electron chi connectivity index (χ0n) is 12.8. The molecule has 1 aliphatic heterocycles. The number of hydrogen-bond acceptors (Lipinski definition) is 4. The van der Waals surface area contributed by atoms with Gasteiger partial charge in [-0.25, -0.2) is 4.79 Å². The molecule has 3 amide bonds. The van der Waals surface area contributed by atoms with Gasteiger partial charge in [0.15, 0.2) is 0 Å². The molecule has 1 atom stereocenters. The van der Waals surface area contributed by atoms with Gasteiger partial charge in [-0.1, -0.05) is 6.92 Å². The highest BCUT2D eigenvalue weighted by atomic mass is 16.4. The maximum absolute atomic E-state index is 11.8. The third kappa shape index (κ3) is 7.08. The Morgan fingerprint density at radius 2 is 1.86 bits per heavy atom. The minimum atomic E-state index is -0.940. The summed E-state index contributed by atoms with van der Waals surface area (Å²) < 4.78 is 0. The summed E-state index contributed by atoms with van der Waals surface area (Å²) in [6.07, 6.45) is 2.37. The molecule has 1 fully saturated rings. The number of imide groups is 1. The molecule has 0 aromatic heterocycles. The number of carboxylic acid groups (broad SMARTS) is 1. The van der Waals surface area contributed by atoms with Crippen LogP contribution >= 0.6 is 0 Å². The van der Waals surface area contributed by atoms with Gasteiger partial charge in [-0.3, -0.25) is 14.9 Å². The predicted molar refractivity (Wildman–Crippen MR) is 77.9 cm³/mol. The van der Waals surface area contributed by atoms with Crippen molar-refractivity contribution in [3.8, 4) is 0 Å². The van der Waals surface area contributed by atoms with Gasteiger partial charge in [0.25, 0.3) is 0 Å². The normalized spacial score (nSPS) is 16.5. The molecule has 0 bridgehead atoms. The van der Waals surface area contributed by atoms with Crippen LogP contribution in [0.3, 0.4) is 0 Å². The maximum Gasteiger partial charge on any atom is 0.323 e. The standard InChI is InChI=1S/C14H25N3O4/c1-11(10-13(19)20)9-12(18)15-14(21)16(2)7-8-17-5-3-4-6-17/h11H,3-10H2,1-2H3,(H,19,20)(H,15,18,21). The molecule has 0 radical (unpaired) electrons. The first-order valence-electron chi connectivity index (χ1n) is 7.37. The largest absolute Gasteiger partial charge is 0.481 e. The Morgan fingerprint density at radius 3 is 2.43 bits per heavy atom. The highest BCUT2D eigenvalue weighted by Gasteiger charge is 2.18. The van der Waals surface area contributed by atoms with E-state index in [2.05, 4.69) is 10.2 Å². The molecule has 1 rings (SSSR count). The molecule has 0 spiro atoms. The van der Waals surface area contributed by atoms with Crippen molar-refractivity contribution in [3.63, 3.8) is 0 Å². The van der Waals surface area contributed by atoms with Crippen molar-refractivity contribution < 1.29 is 19.5 Å². The van der Waals surface area contributed by atoms with Crippen LogP contribution in [-0.4, -0.2) is 66.0 Å². The van der Waals surface area contributed by atoms with E-state index in [1.807, 2.05) is 0 Å². The van der Waals surface area contributed by atoms with Gasteiger partial charge < -0.3 is 14.9 Å². The second kappa shape index (κ2) is 8.61. The van der Waals surface area contributed by atoms with Crippen LogP contribution in [0.5, 0.6) is 0 Å². The lowest BCUT2D eigenvalue weighted by Crippen LogP contribution is -2.44. The molecule has 2 N–H and O–H groups in total. The summed E-state index contributed by atoms with van der Waals surface area (Å²) in [6.45, 7) is 5.20. The van der Waals surface area contributed by atoms with Crippen LogP contribution in [-0.2, 0) is 9.59 Å². The summed E-state index contributed by atoms with van der Waals surface area (Å²) in [5, 5.41) is 10.9. The summed E-state index contributed by atoms with van der Waals surface area (Å²) in [5.74, 6) is -1.66. The van der Waals surface area contributed by atoms with E-state index < -0.39 is 17.9 Å². The highest BCUT2D eigenvalue weighted by molar-refractivity contribution is 5.94. The van der Waals surface area contributed by atoms with Crippen molar-refractivity contribution in [2.24, 2.45) is 5.92 Å². The Bertz CT molecular complexity index is 380. The molecule has 120 valence electrons. The van der Waals surface area contributed by atoms with Crippen molar-refractivity contribution in [1.29, 1.82) is 0 Å². The van der Waals surface area contributed by atoms with Gasteiger partial charge in [0.2, 0.25) is 5.91 Å². The Hall–Kier alpha value is -1.63. The fourth-order valence-electron chi connectivity index (χ4n) is 2.35. The average molecular weight is 299 g/mol. The fraction of sp³-hybridized carbons (Fsp3) is 0.786. The van der Waals surface area contributed by atoms with Crippen LogP contribution < -0.4 is 5.32 Å². The number of hydrogen-bond donors (Lipinski definition) is 2. The second-order valence-electron chi connectivity index (χ2n) is 5.73. The first kappa shape index (κ1) is 17.4. The van der Waals surface area contributed by atoms with E-state index in [0.29, 0.717) is 6.54 Å². The van der Waals surface area contributed by atoms with Crippen LogP contribution in [0.4, 0.5) is 4.79 Å². The number of nitrogens with zero attached hydrogens (tertiary/aromatic N) is 2. The quantitative estimate of drug-likeness (QED) is 0.724. The molecule has 1 saturated heterocycles. The predicted octanol–water partition coefficient (Wildman–Crippen LogP) is 0.751. The average Bonchev–Trinajstić information content (AvgIpc) is 2.87. The third-order valence-electron chi connectivity index (χ3n) is 3.60. The Labute approximate surface area is 125 Å². The van der Waals surface area contributed by atoms with Gasteiger partial charge in [0, 0.05) is 33.0 Å². The lowest BCUT2D eigenvalue weighted by Gasteiger charge is -2.21. The van der Waals surface area contributed by atoms with Crippen molar-refractivity contribution in [3.05, 3.63) is 0 Å². The van der Waals surface area contributed by atoms with Gasteiger partial charge in [0.1, 0.15) is 0 Å². The van der Waals surface area contributed by atoms with Crippen molar-refractivity contribution >= 4 is 17.9 Å². The van der Waals surface area contributed by atoms with Gasteiger partial charge in [-0.05, 0) is 31.8 Å². The molecule has 0 aromatic rings. The molecule has 7 heteroatoms. The van der Waals surface area contributed by atoms with E-state index in [-0.39, 0.29) is 18.8 Å². The van der Waals surface area contributed by atoms with E-state index >= 15 is 0 Å². The molecule has 1 aliphatic rings. The van der Waals surface area contributed by atoms with Crippen LogP contribution in [0.1, 0.15) is 32.6 Å². The minimum Gasteiger partial charge on any atom is -0.481 e. The molecule has 1 unspecified atom stereocenters. The molecule has 21 heavy (non-hydrogen) atoms. The number of carbonyl (C=O) groups is 3. The number of nitrogens with one attached hydrogen (secondary N) is 1. The zero-order valence-corrected chi connectivity index (χ0v) is 12.8. The topological polar surface area (TPSA) is 89.9 Å². The van der Waals surface area contributed by atoms with E-state index in [9.17, 15) is 14.4 Å². The SMILES string of the molecule is CC(CC(=O)O)CC(=O)NC(=O)N(C)CCN1CCCC1. The molecular weight excluding hydrogens is 274 g/mol. The Kier molecular flexibility index (Phi) is 7.14. The third-order valence-corrected chi connectivity index (χ3v) is 3.60. The molecular formula is C14H25N3O4. The van der Waals surface area contributed by atoms with Crippen molar-refractivity contribution in [2.45, 2.75) is 32.6 Å². The number of likely N-dealkylation sites (N-methyl/N-ethyl adjacent to an activating group) is 1. The van der Waals surface area contributed by atoms with Crippen LogP contribution in [0.25, 0.3) is 0 Å². The number of rotatable bonds is 7. The zero-order chi connectivity index (χ0) is 15.8. The maximum atomic E-state index is 11.8. The Morgan fingerprint density at radius 1 is 1.24 bits per heavy atom. The van der Waals surface area contributed by atoms with E-state index in [0.717, 1.165) is 19.6 Å². The molecule has 7 nitrogen and oxygen atoms in total. The van der Waals surface area contributed by atoms with Gasteiger partial charge in [0.05, 0.1) is 0 Å². The molecule has 0 aromatic carbocycles. The summed E-state index contributed by atoms with van der Waals surface area (Å²) >= 11 is 0.